The second-order valence-electron chi connectivity index (χ2n) is 5.76. The second kappa shape index (κ2) is 11.7. The first-order chi connectivity index (χ1) is 9.36. The highest BCUT2D eigenvalue weighted by atomic mass is 16.5. The highest BCUT2D eigenvalue weighted by Crippen LogP contribution is 2.15. The Morgan fingerprint density at radius 3 is 2.26 bits per heavy atom. The van der Waals surface area contributed by atoms with Crippen molar-refractivity contribution in [1.29, 1.82) is 0 Å². The fourth-order valence-electron chi connectivity index (χ4n) is 2.81. The molecule has 1 saturated heterocycles. The highest BCUT2D eigenvalue weighted by Gasteiger charge is 2.18. The molecule has 0 saturated carbocycles. The van der Waals surface area contributed by atoms with E-state index in [2.05, 4.69) is 11.8 Å². The molecule has 0 aliphatic carbocycles. The summed E-state index contributed by atoms with van der Waals surface area (Å²) in [5.74, 6) is 0. The molecular formula is C16H33NO2. The van der Waals surface area contributed by atoms with Gasteiger partial charge in [0.25, 0.3) is 0 Å². The van der Waals surface area contributed by atoms with E-state index in [4.69, 9.17) is 9.84 Å². The molecule has 1 fully saturated rings. The standard InChI is InChI=1S/C16H33NO2/c1-2-3-4-5-6-7-8-11-17-12-9-16(10-13-17)19-15-14-18/h16,18H,2-15H2,1H3. The summed E-state index contributed by atoms with van der Waals surface area (Å²) in [7, 11) is 0. The Morgan fingerprint density at radius 1 is 1.00 bits per heavy atom. The van der Waals surface area contributed by atoms with Gasteiger partial charge in [0.1, 0.15) is 0 Å². The summed E-state index contributed by atoms with van der Waals surface area (Å²) in [6.07, 6.45) is 12.4. The van der Waals surface area contributed by atoms with E-state index >= 15 is 0 Å². The Bertz CT molecular complexity index is 191. The number of unbranched alkanes of at least 4 members (excludes halogenated alkanes) is 6. The zero-order valence-corrected chi connectivity index (χ0v) is 12.8. The highest BCUT2D eigenvalue weighted by molar-refractivity contribution is 4.72. The van der Waals surface area contributed by atoms with Crippen LogP contribution in [0.3, 0.4) is 0 Å². The number of likely N-dealkylation sites (tertiary alicyclic amines) is 1. The minimum Gasteiger partial charge on any atom is -0.394 e. The average Bonchev–Trinajstić information content (AvgIpc) is 2.45. The second-order valence-corrected chi connectivity index (χ2v) is 5.76. The maximum atomic E-state index is 8.73. The summed E-state index contributed by atoms with van der Waals surface area (Å²) in [6, 6.07) is 0. The van der Waals surface area contributed by atoms with Gasteiger partial charge in [0.05, 0.1) is 19.3 Å². The Hall–Kier alpha value is -0.120. The summed E-state index contributed by atoms with van der Waals surface area (Å²) in [6.45, 7) is 6.53. The van der Waals surface area contributed by atoms with E-state index in [-0.39, 0.29) is 6.61 Å². The van der Waals surface area contributed by atoms with Gasteiger partial charge in [0.2, 0.25) is 0 Å². The molecule has 0 aromatic heterocycles. The van der Waals surface area contributed by atoms with Crippen LogP contribution in [0, 0.1) is 0 Å². The average molecular weight is 271 g/mol. The maximum Gasteiger partial charge on any atom is 0.0701 e. The van der Waals surface area contributed by atoms with Crippen LogP contribution in [0.2, 0.25) is 0 Å². The number of rotatable bonds is 11. The van der Waals surface area contributed by atoms with Gasteiger partial charge in [-0.15, -0.1) is 0 Å². The van der Waals surface area contributed by atoms with E-state index in [9.17, 15) is 0 Å². The van der Waals surface area contributed by atoms with E-state index in [1.807, 2.05) is 0 Å². The number of ether oxygens (including phenoxy) is 1. The van der Waals surface area contributed by atoms with E-state index in [1.165, 1.54) is 64.6 Å². The third kappa shape index (κ3) is 8.61. The van der Waals surface area contributed by atoms with Crippen molar-refractivity contribution in [2.24, 2.45) is 0 Å². The van der Waals surface area contributed by atoms with Crippen molar-refractivity contribution in [3.63, 3.8) is 0 Å². The molecule has 0 radical (unpaired) electrons. The van der Waals surface area contributed by atoms with Gasteiger partial charge in [-0.2, -0.15) is 0 Å². The summed E-state index contributed by atoms with van der Waals surface area (Å²) in [4.78, 5) is 2.57. The molecule has 0 spiro atoms. The summed E-state index contributed by atoms with van der Waals surface area (Å²) in [5.41, 5.74) is 0. The van der Waals surface area contributed by atoms with Gasteiger partial charge in [-0.05, 0) is 25.8 Å². The largest absolute Gasteiger partial charge is 0.394 e. The van der Waals surface area contributed by atoms with Gasteiger partial charge >= 0.3 is 0 Å². The number of aliphatic hydroxyl groups is 1. The molecule has 0 atom stereocenters. The number of hydrogen-bond acceptors (Lipinski definition) is 3. The topological polar surface area (TPSA) is 32.7 Å². The van der Waals surface area contributed by atoms with E-state index in [0.29, 0.717) is 12.7 Å². The summed E-state index contributed by atoms with van der Waals surface area (Å²) in [5, 5.41) is 8.73. The molecule has 19 heavy (non-hydrogen) atoms. The first-order valence-corrected chi connectivity index (χ1v) is 8.31. The molecular weight excluding hydrogens is 238 g/mol. The molecule has 1 rings (SSSR count). The van der Waals surface area contributed by atoms with Gasteiger partial charge in [0, 0.05) is 13.1 Å². The third-order valence-electron chi connectivity index (χ3n) is 4.06. The van der Waals surface area contributed by atoms with Crippen LogP contribution in [-0.4, -0.2) is 49.0 Å². The van der Waals surface area contributed by atoms with Gasteiger partial charge in [-0.1, -0.05) is 45.4 Å². The lowest BCUT2D eigenvalue weighted by Gasteiger charge is -2.31. The lowest BCUT2D eigenvalue weighted by molar-refractivity contribution is -0.00788. The molecule has 3 nitrogen and oxygen atoms in total. The maximum absolute atomic E-state index is 8.73. The monoisotopic (exact) mass is 271 g/mol. The summed E-state index contributed by atoms with van der Waals surface area (Å²) < 4.78 is 5.58. The fourth-order valence-corrected chi connectivity index (χ4v) is 2.81. The SMILES string of the molecule is CCCCCCCCCN1CCC(OCCO)CC1. The molecule has 0 aromatic rings. The van der Waals surface area contributed by atoms with Crippen LogP contribution in [0.1, 0.15) is 64.7 Å². The van der Waals surface area contributed by atoms with Crippen LogP contribution >= 0.6 is 0 Å². The van der Waals surface area contributed by atoms with Crippen LogP contribution in [-0.2, 0) is 4.74 Å². The normalized spacial score (nSPS) is 18.0. The molecule has 1 aliphatic rings. The third-order valence-corrected chi connectivity index (χ3v) is 4.06. The van der Waals surface area contributed by atoms with E-state index < -0.39 is 0 Å². The molecule has 0 amide bonds. The van der Waals surface area contributed by atoms with Crippen LogP contribution < -0.4 is 0 Å². The number of piperidine rings is 1. The first-order valence-electron chi connectivity index (χ1n) is 8.31. The number of aliphatic hydroxyl groups excluding tert-OH is 1. The number of hydrogen-bond donors (Lipinski definition) is 1. The Balaban J connectivity index is 1.89. The Morgan fingerprint density at radius 2 is 1.63 bits per heavy atom. The van der Waals surface area contributed by atoms with Crippen LogP contribution in [0.15, 0.2) is 0 Å². The molecule has 3 heteroatoms. The van der Waals surface area contributed by atoms with Crippen molar-refractivity contribution in [1.82, 2.24) is 4.90 Å². The van der Waals surface area contributed by atoms with Crippen molar-refractivity contribution >= 4 is 0 Å². The van der Waals surface area contributed by atoms with Crippen molar-refractivity contribution in [2.45, 2.75) is 70.8 Å². The van der Waals surface area contributed by atoms with Crippen LogP contribution in [0.25, 0.3) is 0 Å². The lowest BCUT2D eigenvalue weighted by Crippen LogP contribution is -2.37. The first kappa shape index (κ1) is 16.9. The van der Waals surface area contributed by atoms with Gasteiger partial charge < -0.3 is 14.7 Å². The van der Waals surface area contributed by atoms with Crippen molar-refractivity contribution < 1.29 is 9.84 Å². The van der Waals surface area contributed by atoms with Gasteiger partial charge in [0.15, 0.2) is 0 Å². The minimum absolute atomic E-state index is 0.151. The van der Waals surface area contributed by atoms with E-state index in [1.54, 1.807) is 0 Å². The quantitative estimate of drug-likeness (QED) is 0.586. The molecule has 0 aromatic carbocycles. The number of nitrogens with zero attached hydrogens (tertiary/aromatic N) is 1. The Labute approximate surface area is 119 Å². The molecule has 0 bridgehead atoms. The molecule has 1 N–H and O–H groups in total. The van der Waals surface area contributed by atoms with Crippen molar-refractivity contribution in [2.75, 3.05) is 32.8 Å². The van der Waals surface area contributed by atoms with Crippen LogP contribution in [0.4, 0.5) is 0 Å². The molecule has 1 heterocycles. The van der Waals surface area contributed by atoms with E-state index in [0.717, 1.165) is 12.8 Å². The zero-order chi connectivity index (χ0) is 13.8. The van der Waals surface area contributed by atoms with Crippen molar-refractivity contribution in [3.8, 4) is 0 Å². The molecule has 114 valence electrons. The fraction of sp³-hybridized carbons (Fsp3) is 1.00. The van der Waals surface area contributed by atoms with Gasteiger partial charge in [-0.25, -0.2) is 0 Å². The zero-order valence-electron chi connectivity index (χ0n) is 12.8. The Kier molecular flexibility index (Phi) is 10.4. The predicted molar refractivity (Wildman–Crippen MR) is 80.5 cm³/mol. The van der Waals surface area contributed by atoms with Crippen molar-refractivity contribution in [3.05, 3.63) is 0 Å². The smallest absolute Gasteiger partial charge is 0.0701 e. The minimum atomic E-state index is 0.151. The van der Waals surface area contributed by atoms with Gasteiger partial charge in [-0.3, -0.25) is 0 Å². The molecule has 1 aliphatic heterocycles. The lowest BCUT2D eigenvalue weighted by atomic mass is 10.1. The predicted octanol–water partition coefficient (Wildman–Crippen LogP) is 3.21. The molecule has 0 unspecified atom stereocenters. The summed E-state index contributed by atoms with van der Waals surface area (Å²) >= 11 is 0. The van der Waals surface area contributed by atoms with Crippen LogP contribution in [0.5, 0.6) is 0 Å².